The molecular formula is C15H12ClFN2O2. The normalized spacial score (nSPS) is 10.9. The molecule has 0 aliphatic carbocycles. The summed E-state index contributed by atoms with van der Waals surface area (Å²) in [5, 5.41) is 0.0584. The molecule has 0 fully saturated rings. The number of hydrogen-bond donors (Lipinski definition) is 1. The van der Waals surface area contributed by atoms with Crippen LogP contribution in [0.15, 0.2) is 30.3 Å². The van der Waals surface area contributed by atoms with E-state index in [0.29, 0.717) is 28.4 Å². The van der Waals surface area contributed by atoms with Gasteiger partial charge in [0.25, 0.3) is 0 Å². The lowest BCUT2D eigenvalue weighted by molar-refractivity contribution is 0.356. The molecule has 1 aromatic heterocycles. The number of benzene rings is 2. The molecule has 1 heterocycles. The van der Waals surface area contributed by atoms with E-state index in [2.05, 4.69) is 9.97 Å². The third-order valence-electron chi connectivity index (χ3n) is 3.19. The number of aromatic nitrogens is 2. The van der Waals surface area contributed by atoms with Gasteiger partial charge in [0.05, 0.1) is 35.8 Å². The lowest BCUT2D eigenvalue weighted by atomic mass is 10.2. The number of aromatic amines is 1. The highest BCUT2D eigenvalue weighted by molar-refractivity contribution is 6.31. The SMILES string of the molecule is COc1cc2nc(-c3cccc(Cl)c3F)[nH]c2cc1OC. The Morgan fingerprint density at radius 1 is 1.14 bits per heavy atom. The molecule has 0 bridgehead atoms. The second-order valence-corrected chi connectivity index (χ2v) is 4.82. The van der Waals surface area contributed by atoms with Gasteiger partial charge < -0.3 is 14.5 Å². The summed E-state index contributed by atoms with van der Waals surface area (Å²) in [6.45, 7) is 0. The van der Waals surface area contributed by atoms with Crippen molar-refractivity contribution in [3.63, 3.8) is 0 Å². The number of ether oxygens (including phenoxy) is 2. The number of rotatable bonds is 3. The van der Waals surface area contributed by atoms with Gasteiger partial charge in [0, 0.05) is 12.1 Å². The van der Waals surface area contributed by atoms with E-state index in [9.17, 15) is 4.39 Å². The Morgan fingerprint density at radius 3 is 2.57 bits per heavy atom. The number of fused-ring (bicyclic) bond motifs is 1. The van der Waals surface area contributed by atoms with E-state index in [1.807, 2.05) is 0 Å². The highest BCUT2D eigenvalue weighted by Crippen LogP contribution is 2.33. The standard InChI is InChI=1S/C15H12ClFN2O2/c1-20-12-6-10-11(7-13(12)21-2)19-15(18-10)8-4-3-5-9(16)14(8)17/h3-7H,1-2H3,(H,18,19). The summed E-state index contributed by atoms with van der Waals surface area (Å²) < 4.78 is 24.5. The van der Waals surface area contributed by atoms with Crippen molar-refractivity contribution in [1.29, 1.82) is 0 Å². The lowest BCUT2D eigenvalue weighted by Crippen LogP contribution is -1.89. The number of nitrogens with zero attached hydrogens (tertiary/aromatic N) is 1. The van der Waals surface area contributed by atoms with Gasteiger partial charge >= 0.3 is 0 Å². The zero-order chi connectivity index (χ0) is 15.0. The van der Waals surface area contributed by atoms with Gasteiger partial charge in [-0.25, -0.2) is 9.37 Å². The van der Waals surface area contributed by atoms with E-state index in [0.717, 1.165) is 5.52 Å². The topological polar surface area (TPSA) is 47.1 Å². The Balaban J connectivity index is 2.19. The molecule has 6 heteroatoms. The quantitative estimate of drug-likeness (QED) is 0.794. The number of halogens is 2. The van der Waals surface area contributed by atoms with E-state index >= 15 is 0 Å². The van der Waals surface area contributed by atoms with Crippen molar-refractivity contribution in [2.24, 2.45) is 0 Å². The van der Waals surface area contributed by atoms with Crippen LogP contribution in [0.1, 0.15) is 0 Å². The van der Waals surface area contributed by atoms with Crippen molar-refractivity contribution < 1.29 is 13.9 Å². The number of imidazole rings is 1. The summed E-state index contributed by atoms with van der Waals surface area (Å²) in [5.41, 5.74) is 1.70. The summed E-state index contributed by atoms with van der Waals surface area (Å²) in [5.74, 6) is 1.04. The van der Waals surface area contributed by atoms with Crippen LogP contribution in [0.25, 0.3) is 22.4 Å². The van der Waals surface area contributed by atoms with Crippen LogP contribution >= 0.6 is 11.6 Å². The van der Waals surface area contributed by atoms with Gasteiger partial charge in [-0.15, -0.1) is 0 Å². The highest BCUT2D eigenvalue weighted by Gasteiger charge is 2.14. The number of hydrogen-bond acceptors (Lipinski definition) is 3. The first-order valence-corrected chi connectivity index (χ1v) is 6.58. The summed E-state index contributed by atoms with van der Waals surface area (Å²) in [6.07, 6.45) is 0. The Morgan fingerprint density at radius 2 is 1.86 bits per heavy atom. The molecule has 0 saturated heterocycles. The van der Waals surface area contributed by atoms with Crippen LogP contribution in [0.5, 0.6) is 11.5 Å². The number of H-pyrrole nitrogens is 1. The summed E-state index contributed by atoms with van der Waals surface area (Å²) in [6, 6.07) is 8.28. The van der Waals surface area contributed by atoms with Crippen LogP contribution in [-0.2, 0) is 0 Å². The minimum absolute atomic E-state index is 0.0584. The minimum atomic E-state index is -0.503. The van der Waals surface area contributed by atoms with E-state index in [-0.39, 0.29) is 5.02 Å². The van der Waals surface area contributed by atoms with Gasteiger partial charge in [-0.05, 0) is 12.1 Å². The average Bonchev–Trinajstić information content (AvgIpc) is 2.90. The Bertz CT molecular complexity index is 776. The van der Waals surface area contributed by atoms with E-state index in [1.165, 1.54) is 6.07 Å². The first-order chi connectivity index (χ1) is 10.1. The first-order valence-electron chi connectivity index (χ1n) is 6.20. The second kappa shape index (κ2) is 5.26. The van der Waals surface area contributed by atoms with Crippen LogP contribution in [0.2, 0.25) is 5.02 Å². The maximum Gasteiger partial charge on any atom is 0.163 e. The highest BCUT2D eigenvalue weighted by atomic mass is 35.5. The smallest absolute Gasteiger partial charge is 0.163 e. The van der Waals surface area contributed by atoms with E-state index < -0.39 is 5.82 Å². The van der Waals surface area contributed by atoms with Gasteiger partial charge in [-0.1, -0.05) is 17.7 Å². The summed E-state index contributed by atoms with van der Waals surface area (Å²) in [4.78, 5) is 7.44. The summed E-state index contributed by atoms with van der Waals surface area (Å²) >= 11 is 5.80. The van der Waals surface area contributed by atoms with Gasteiger partial charge in [-0.3, -0.25) is 0 Å². The molecule has 21 heavy (non-hydrogen) atoms. The number of nitrogens with one attached hydrogen (secondary N) is 1. The molecule has 1 N–H and O–H groups in total. The molecule has 0 spiro atoms. The third kappa shape index (κ3) is 2.29. The van der Waals surface area contributed by atoms with Crippen molar-refractivity contribution in [2.75, 3.05) is 14.2 Å². The lowest BCUT2D eigenvalue weighted by Gasteiger charge is -2.06. The van der Waals surface area contributed by atoms with Gasteiger partial charge in [0.15, 0.2) is 17.3 Å². The van der Waals surface area contributed by atoms with E-state index in [4.69, 9.17) is 21.1 Å². The molecule has 4 nitrogen and oxygen atoms in total. The molecule has 108 valence electrons. The zero-order valence-electron chi connectivity index (χ0n) is 11.4. The fraction of sp³-hybridized carbons (Fsp3) is 0.133. The van der Waals surface area contributed by atoms with Crippen LogP contribution in [-0.4, -0.2) is 24.2 Å². The molecule has 0 aliphatic heterocycles. The van der Waals surface area contributed by atoms with Crippen molar-refractivity contribution in [2.45, 2.75) is 0 Å². The molecule has 0 amide bonds. The molecular weight excluding hydrogens is 295 g/mol. The van der Waals surface area contributed by atoms with Crippen LogP contribution in [0.4, 0.5) is 4.39 Å². The molecule has 0 atom stereocenters. The van der Waals surface area contributed by atoms with Gasteiger partial charge in [0.1, 0.15) is 5.82 Å². The van der Waals surface area contributed by atoms with Gasteiger partial charge in [-0.2, -0.15) is 0 Å². The largest absolute Gasteiger partial charge is 0.493 e. The second-order valence-electron chi connectivity index (χ2n) is 4.41. The molecule has 0 saturated carbocycles. The molecule has 0 radical (unpaired) electrons. The van der Waals surface area contributed by atoms with Crippen LogP contribution in [0, 0.1) is 5.82 Å². The van der Waals surface area contributed by atoms with E-state index in [1.54, 1.807) is 38.5 Å². The van der Waals surface area contributed by atoms with Crippen LogP contribution < -0.4 is 9.47 Å². The fourth-order valence-corrected chi connectivity index (χ4v) is 2.33. The minimum Gasteiger partial charge on any atom is -0.493 e. The monoisotopic (exact) mass is 306 g/mol. The molecule has 0 aliphatic rings. The first kappa shape index (κ1) is 13.7. The average molecular weight is 307 g/mol. The molecule has 0 unspecified atom stereocenters. The Kier molecular flexibility index (Phi) is 3.43. The Hall–Kier alpha value is -2.27. The van der Waals surface area contributed by atoms with Crippen molar-refractivity contribution in [3.05, 3.63) is 41.2 Å². The number of methoxy groups -OCH3 is 2. The van der Waals surface area contributed by atoms with Crippen molar-refractivity contribution in [3.8, 4) is 22.9 Å². The van der Waals surface area contributed by atoms with Crippen LogP contribution in [0.3, 0.4) is 0 Å². The molecule has 3 rings (SSSR count). The maximum absolute atomic E-state index is 14.1. The predicted molar refractivity (Wildman–Crippen MR) is 79.6 cm³/mol. The van der Waals surface area contributed by atoms with Gasteiger partial charge in [0.2, 0.25) is 0 Å². The zero-order valence-corrected chi connectivity index (χ0v) is 12.2. The fourth-order valence-electron chi connectivity index (χ4n) is 2.15. The third-order valence-corrected chi connectivity index (χ3v) is 3.49. The molecule has 3 aromatic rings. The summed E-state index contributed by atoms with van der Waals surface area (Å²) in [7, 11) is 3.10. The van der Waals surface area contributed by atoms with Crippen molar-refractivity contribution >= 4 is 22.6 Å². The predicted octanol–water partition coefficient (Wildman–Crippen LogP) is 4.04. The Labute approximate surface area is 125 Å². The maximum atomic E-state index is 14.1. The van der Waals surface area contributed by atoms with Crippen molar-refractivity contribution in [1.82, 2.24) is 9.97 Å². The molecule has 2 aromatic carbocycles.